The van der Waals surface area contributed by atoms with Crippen LogP contribution in [0.4, 0.5) is 0 Å². The Morgan fingerprint density at radius 1 is 1.60 bits per heavy atom. The first kappa shape index (κ1) is 10.6. The van der Waals surface area contributed by atoms with Crippen LogP contribution < -0.4 is 0 Å². The molecular formula is C10H11BrN2O2. The lowest BCUT2D eigenvalue weighted by Crippen LogP contribution is -2.36. The van der Waals surface area contributed by atoms with Crippen molar-refractivity contribution in [2.45, 2.75) is 12.0 Å². The van der Waals surface area contributed by atoms with Crippen LogP contribution in [0.1, 0.15) is 12.1 Å². The van der Waals surface area contributed by atoms with Gasteiger partial charge in [-0.15, -0.1) is 0 Å². The van der Waals surface area contributed by atoms with E-state index in [2.05, 4.69) is 20.9 Å². The summed E-state index contributed by atoms with van der Waals surface area (Å²) in [5.74, 6) is -0.280. The molecular weight excluding hydrogens is 260 g/mol. The second-order valence-corrected chi connectivity index (χ2v) is 4.61. The quantitative estimate of drug-likeness (QED) is 0.825. The molecule has 0 saturated carbocycles. The monoisotopic (exact) mass is 270 g/mol. The fourth-order valence-electron chi connectivity index (χ4n) is 1.71. The van der Waals surface area contributed by atoms with Gasteiger partial charge in [0.25, 0.3) is 5.91 Å². The Morgan fingerprint density at radius 3 is 2.80 bits per heavy atom. The molecule has 1 aliphatic heterocycles. The number of aliphatic hydroxyl groups is 1. The van der Waals surface area contributed by atoms with E-state index < -0.39 is 5.60 Å². The zero-order valence-corrected chi connectivity index (χ0v) is 9.86. The molecule has 5 heteroatoms. The first-order chi connectivity index (χ1) is 7.04. The largest absolute Gasteiger partial charge is 0.374 e. The van der Waals surface area contributed by atoms with Gasteiger partial charge in [0.05, 0.1) is 5.69 Å². The Hall–Kier alpha value is -0.940. The molecule has 0 aliphatic carbocycles. The van der Waals surface area contributed by atoms with Crippen molar-refractivity contribution in [3.05, 3.63) is 28.5 Å². The molecule has 1 amide bonds. The molecule has 1 aliphatic rings. The van der Waals surface area contributed by atoms with E-state index in [4.69, 9.17) is 0 Å². The zero-order chi connectivity index (χ0) is 11.1. The van der Waals surface area contributed by atoms with Crippen molar-refractivity contribution >= 4 is 21.8 Å². The Bertz CT molecular complexity index is 393. The number of amides is 1. The molecule has 1 saturated heterocycles. The number of carbonyl (C=O) groups is 1. The van der Waals surface area contributed by atoms with E-state index in [1.807, 2.05) is 0 Å². The number of aromatic nitrogens is 1. The van der Waals surface area contributed by atoms with Crippen molar-refractivity contribution in [1.29, 1.82) is 0 Å². The van der Waals surface area contributed by atoms with E-state index in [-0.39, 0.29) is 5.91 Å². The lowest BCUT2D eigenvalue weighted by Gasteiger charge is -2.19. The Balaban J connectivity index is 2.38. The molecule has 15 heavy (non-hydrogen) atoms. The summed E-state index contributed by atoms with van der Waals surface area (Å²) in [5.41, 5.74) is -1.02. The number of likely N-dealkylation sites (tertiary alicyclic amines) is 1. The number of halogens is 1. The molecule has 2 rings (SSSR count). The first-order valence-electron chi connectivity index (χ1n) is 4.64. The van der Waals surface area contributed by atoms with Gasteiger partial charge in [0.2, 0.25) is 0 Å². The molecule has 1 fully saturated rings. The maximum absolute atomic E-state index is 11.7. The van der Waals surface area contributed by atoms with Crippen molar-refractivity contribution in [2.24, 2.45) is 0 Å². The molecule has 4 nitrogen and oxygen atoms in total. The molecule has 2 heterocycles. The molecule has 0 spiro atoms. The summed E-state index contributed by atoms with van der Waals surface area (Å²) in [6.45, 7) is 0.563. The van der Waals surface area contributed by atoms with Gasteiger partial charge in [-0.25, -0.2) is 0 Å². The van der Waals surface area contributed by atoms with Gasteiger partial charge in [0, 0.05) is 30.7 Å². The maximum atomic E-state index is 11.7. The maximum Gasteiger partial charge on any atom is 0.260 e. The standard InChI is InChI=1S/C10H11BrN2O2/c1-13-5-4-10(15,9(13)14)8-3-2-7(11)6-12-8/h2-3,6,15H,4-5H2,1H3. The molecule has 0 aromatic carbocycles. The van der Waals surface area contributed by atoms with Crippen LogP contribution in [0.15, 0.2) is 22.8 Å². The molecule has 80 valence electrons. The van der Waals surface area contributed by atoms with Gasteiger partial charge in [-0.3, -0.25) is 9.78 Å². The van der Waals surface area contributed by atoms with Crippen molar-refractivity contribution in [1.82, 2.24) is 9.88 Å². The summed E-state index contributed by atoms with van der Waals surface area (Å²) >= 11 is 3.26. The van der Waals surface area contributed by atoms with Crippen LogP contribution in [-0.2, 0) is 10.4 Å². The van der Waals surface area contributed by atoms with Gasteiger partial charge in [-0.05, 0) is 28.1 Å². The fraction of sp³-hybridized carbons (Fsp3) is 0.400. The minimum absolute atomic E-state index is 0.280. The van der Waals surface area contributed by atoms with Crippen molar-refractivity contribution in [3.63, 3.8) is 0 Å². The van der Waals surface area contributed by atoms with Gasteiger partial charge >= 0.3 is 0 Å². The molecule has 1 N–H and O–H groups in total. The average molecular weight is 271 g/mol. The summed E-state index contributed by atoms with van der Waals surface area (Å²) in [6, 6.07) is 3.44. The fourth-order valence-corrected chi connectivity index (χ4v) is 1.95. The predicted molar refractivity (Wildman–Crippen MR) is 58.1 cm³/mol. The van der Waals surface area contributed by atoms with E-state index >= 15 is 0 Å². The van der Waals surface area contributed by atoms with Crippen molar-refractivity contribution in [2.75, 3.05) is 13.6 Å². The minimum Gasteiger partial charge on any atom is -0.374 e. The lowest BCUT2D eigenvalue weighted by atomic mass is 9.97. The number of carbonyl (C=O) groups excluding carboxylic acids is 1. The number of hydrogen-bond acceptors (Lipinski definition) is 3. The third-order valence-electron chi connectivity index (χ3n) is 2.66. The SMILES string of the molecule is CN1CCC(O)(c2ccc(Br)cn2)C1=O. The van der Waals surface area contributed by atoms with Gasteiger partial charge in [-0.1, -0.05) is 0 Å². The topological polar surface area (TPSA) is 53.4 Å². The van der Waals surface area contributed by atoms with Crippen LogP contribution in [0.2, 0.25) is 0 Å². The smallest absolute Gasteiger partial charge is 0.260 e. The zero-order valence-electron chi connectivity index (χ0n) is 8.27. The number of nitrogens with zero attached hydrogens (tertiary/aromatic N) is 2. The van der Waals surface area contributed by atoms with Gasteiger partial charge in [-0.2, -0.15) is 0 Å². The highest BCUT2D eigenvalue weighted by atomic mass is 79.9. The van der Waals surface area contributed by atoms with Crippen molar-refractivity contribution < 1.29 is 9.90 Å². The molecule has 0 radical (unpaired) electrons. The van der Waals surface area contributed by atoms with Crippen LogP contribution in [-0.4, -0.2) is 34.5 Å². The second-order valence-electron chi connectivity index (χ2n) is 3.70. The molecule has 1 atom stereocenters. The van der Waals surface area contributed by atoms with Crippen LogP contribution in [0.5, 0.6) is 0 Å². The van der Waals surface area contributed by atoms with E-state index in [1.165, 1.54) is 4.90 Å². The van der Waals surface area contributed by atoms with E-state index in [0.717, 1.165) is 4.47 Å². The Kier molecular flexibility index (Phi) is 2.52. The summed E-state index contributed by atoms with van der Waals surface area (Å²) in [4.78, 5) is 17.3. The van der Waals surface area contributed by atoms with Crippen molar-refractivity contribution in [3.8, 4) is 0 Å². The predicted octanol–water partition coefficient (Wildman–Crippen LogP) is 0.894. The van der Waals surface area contributed by atoms with Crippen LogP contribution in [0.3, 0.4) is 0 Å². The Labute approximate surface area is 96.1 Å². The van der Waals surface area contributed by atoms with Crippen LogP contribution >= 0.6 is 15.9 Å². The highest BCUT2D eigenvalue weighted by Gasteiger charge is 2.46. The van der Waals surface area contributed by atoms with Gasteiger partial charge in [0.15, 0.2) is 5.60 Å². The molecule has 1 aromatic heterocycles. The number of likely N-dealkylation sites (N-methyl/N-ethyl adjacent to an activating group) is 1. The third-order valence-corrected chi connectivity index (χ3v) is 3.13. The van der Waals surface area contributed by atoms with Crippen LogP contribution in [0, 0.1) is 0 Å². The molecule has 1 aromatic rings. The molecule has 0 bridgehead atoms. The third kappa shape index (κ3) is 1.66. The van der Waals surface area contributed by atoms with Crippen LogP contribution in [0.25, 0.3) is 0 Å². The summed E-state index contributed by atoms with van der Waals surface area (Å²) < 4.78 is 0.827. The highest BCUT2D eigenvalue weighted by molar-refractivity contribution is 9.10. The van der Waals surface area contributed by atoms with E-state index in [0.29, 0.717) is 18.7 Å². The second kappa shape index (κ2) is 3.57. The van der Waals surface area contributed by atoms with E-state index in [9.17, 15) is 9.90 Å². The average Bonchev–Trinajstić information content (AvgIpc) is 2.48. The van der Waals surface area contributed by atoms with Gasteiger partial charge < -0.3 is 10.0 Å². The normalized spacial score (nSPS) is 26.1. The summed E-state index contributed by atoms with van der Waals surface area (Å²) in [7, 11) is 1.68. The first-order valence-corrected chi connectivity index (χ1v) is 5.43. The molecule has 1 unspecified atom stereocenters. The number of rotatable bonds is 1. The summed E-state index contributed by atoms with van der Waals surface area (Å²) in [5, 5.41) is 10.2. The summed E-state index contributed by atoms with van der Waals surface area (Å²) in [6.07, 6.45) is 1.98. The lowest BCUT2D eigenvalue weighted by molar-refractivity contribution is -0.143. The highest BCUT2D eigenvalue weighted by Crippen LogP contribution is 2.31. The minimum atomic E-state index is -1.44. The number of hydrogen-bond donors (Lipinski definition) is 1. The van der Waals surface area contributed by atoms with Gasteiger partial charge in [0.1, 0.15) is 0 Å². The Morgan fingerprint density at radius 2 is 2.33 bits per heavy atom. The number of pyridine rings is 1. The van der Waals surface area contributed by atoms with E-state index in [1.54, 1.807) is 25.4 Å².